The van der Waals surface area contributed by atoms with Crippen LogP contribution < -0.4 is 5.32 Å². The molecule has 2 rings (SSSR count). The van der Waals surface area contributed by atoms with Gasteiger partial charge in [0.25, 0.3) is 0 Å². The maximum absolute atomic E-state index is 13.9. The standard InChI is InChI=1S/C13H16FN3/c1-3-15-8-11-4-5-13(12(14)6-11)17-9-10(2)7-16-17/h4-7,9,15H,3,8H2,1-2H3. The first-order valence-electron chi connectivity index (χ1n) is 5.71. The van der Waals surface area contributed by atoms with Gasteiger partial charge in [0, 0.05) is 12.7 Å². The molecule has 1 aromatic heterocycles. The molecule has 3 nitrogen and oxygen atoms in total. The SMILES string of the molecule is CCNCc1ccc(-n2cc(C)cn2)c(F)c1. The average molecular weight is 233 g/mol. The van der Waals surface area contributed by atoms with E-state index in [0.717, 1.165) is 17.7 Å². The number of aromatic nitrogens is 2. The lowest BCUT2D eigenvalue weighted by atomic mass is 10.2. The van der Waals surface area contributed by atoms with E-state index in [1.807, 2.05) is 26.1 Å². The molecule has 17 heavy (non-hydrogen) atoms. The lowest BCUT2D eigenvalue weighted by molar-refractivity contribution is 0.605. The van der Waals surface area contributed by atoms with Gasteiger partial charge >= 0.3 is 0 Å². The first-order chi connectivity index (χ1) is 8.20. The van der Waals surface area contributed by atoms with Crippen LogP contribution in [0.3, 0.4) is 0 Å². The van der Waals surface area contributed by atoms with Crippen molar-refractivity contribution in [1.82, 2.24) is 15.1 Å². The third-order valence-corrected chi connectivity index (χ3v) is 2.55. The second-order valence-electron chi connectivity index (χ2n) is 4.03. The van der Waals surface area contributed by atoms with Crippen LogP contribution >= 0.6 is 0 Å². The Bertz CT molecular complexity index is 505. The van der Waals surface area contributed by atoms with E-state index in [1.54, 1.807) is 23.0 Å². The van der Waals surface area contributed by atoms with E-state index in [9.17, 15) is 4.39 Å². The molecule has 0 radical (unpaired) electrons. The molecule has 1 N–H and O–H groups in total. The number of rotatable bonds is 4. The molecule has 0 fully saturated rings. The van der Waals surface area contributed by atoms with Crippen molar-refractivity contribution >= 4 is 0 Å². The van der Waals surface area contributed by atoms with Gasteiger partial charge in [0.1, 0.15) is 11.5 Å². The summed E-state index contributed by atoms with van der Waals surface area (Å²) in [4.78, 5) is 0. The van der Waals surface area contributed by atoms with Gasteiger partial charge in [-0.2, -0.15) is 5.10 Å². The summed E-state index contributed by atoms with van der Waals surface area (Å²) in [6.45, 7) is 5.52. The summed E-state index contributed by atoms with van der Waals surface area (Å²) in [6, 6.07) is 5.22. The van der Waals surface area contributed by atoms with Gasteiger partial charge in [-0.25, -0.2) is 9.07 Å². The Morgan fingerprint density at radius 2 is 2.24 bits per heavy atom. The summed E-state index contributed by atoms with van der Waals surface area (Å²) in [6.07, 6.45) is 3.52. The summed E-state index contributed by atoms with van der Waals surface area (Å²) in [5.41, 5.74) is 2.44. The van der Waals surface area contributed by atoms with Gasteiger partial charge in [0.05, 0.1) is 6.20 Å². The number of halogens is 1. The molecule has 0 bridgehead atoms. The van der Waals surface area contributed by atoms with Crippen molar-refractivity contribution < 1.29 is 4.39 Å². The molecule has 4 heteroatoms. The average Bonchev–Trinajstić information content (AvgIpc) is 2.73. The Morgan fingerprint density at radius 3 is 2.82 bits per heavy atom. The largest absolute Gasteiger partial charge is 0.313 e. The predicted molar refractivity (Wildman–Crippen MR) is 65.6 cm³/mol. The fraction of sp³-hybridized carbons (Fsp3) is 0.308. The summed E-state index contributed by atoms with van der Waals surface area (Å²) in [7, 11) is 0. The fourth-order valence-electron chi connectivity index (χ4n) is 1.66. The summed E-state index contributed by atoms with van der Waals surface area (Å²) in [5, 5.41) is 7.27. The number of hydrogen-bond donors (Lipinski definition) is 1. The monoisotopic (exact) mass is 233 g/mol. The van der Waals surface area contributed by atoms with Crippen molar-refractivity contribution in [3.8, 4) is 5.69 Å². The molecule has 1 aromatic carbocycles. The molecular formula is C13H16FN3. The van der Waals surface area contributed by atoms with E-state index in [0.29, 0.717) is 12.2 Å². The third-order valence-electron chi connectivity index (χ3n) is 2.55. The Kier molecular flexibility index (Phi) is 3.54. The van der Waals surface area contributed by atoms with Crippen LogP contribution in [0.25, 0.3) is 5.69 Å². The quantitative estimate of drug-likeness (QED) is 0.879. The second-order valence-corrected chi connectivity index (χ2v) is 4.03. The number of aryl methyl sites for hydroxylation is 1. The van der Waals surface area contributed by atoms with Gasteiger partial charge in [-0.3, -0.25) is 0 Å². The highest BCUT2D eigenvalue weighted by Gasteiger charge is 2.06. The van der Waals surface area contributed by atoms with Crippen LogP contribution in [0.1, 0.15) is 18.1 Å². The maximum atomic E-state index is 13.9. The highest BCUT2D eigenvalue weighted by molar-refractivity contribution is 5.36. The van der Waals surface area contributed by atoms with Crippen molar-refractivity contribution in [1.29, 1.82) is 0 Å². The van der Waals surface area contributed by atoms with Gasteiger partial charge in [-0.1, -0.05) is 13.0 Å². The van der Waals surface area contributed by atoms with Crippen LogP contribution in [0, 0.1) is 12.7 Å². The Hall–Kier alpha value is -1.68. The van der Waals surface area contributed by atoms with Gasteiger partial charge in [0.2, 0.25) is 0 Å². The minimum Gasteiger partial charge on any atom is -0.313 e. The molecular weight excluding hydrogens is 217 g/mol. The van der Waals surface area contributed by atoms with Crippen molar-refractivity contribution in [2.24, 2.45) is 0 Å². The first-order valence-corrected chi connectivity index (χ1v) is 5.71. The summed E-state index contributed by atoms with van der Waals surface area (Å²) in [5.74, 6) is -0.247. The molecule has 2 aromatic rings. The lowest BCUT2D eigenvalue weighted by Crippen LogP contribution is -2.12. The minimum absolute atomic E-state index is 0.247. The molecule has 0 amide bonds. The van der Waals surface area contributed by atoms with Gasteiger partial charge in [-0.05, 0) is 36.7 Å². The van der Waals surface area contributed by atoms with Crippen molar-refractivity contribution in [2.75, 3.05) is 6.54 Å². The summed E-state index contributed by atoms with van der Waals surface area (Å²) >= 11 is 0. The number of benzene rings is 1. The molecule has 0 saturated carbocycles. The van der Waals surface area contributed by atoms with E-state index in [2.05, 4.69) is 10.4 Å². The Balaban J connectivity index is 2.25. The molecule has 1 heterocycles. The van der Waals surface area contributed by atoms with E-state index in [-0.39, 0.29) is 5.82 Å². The number of nitrogens with one attached hydrogen (secondary N) is 1. The van der Waals surface area contributed by atoms with E-state index in [4.69, 9.17) is 0 Å². The van der Waals surface area contributed by atoms with E-state index >= 15 is 0 Å². The lowest BCUT2D eigenvalue weighted by Gasteiger charge is -2.06. The molecule has 0 aliphatic heterocycles. The number of nitrogens with zero attached hydrogens (tertiary/aromatic N) is 2. The van der Waals surface area contributed by atoms with Gasteiger partial charge in [0.15, 0.2) is 0 Å². The maximum Gasteiger partial charge on any atom is 0.149 e. The first kappa shape index (κ1) is 11.8. The Morgan fingerprint density at radius 1 is 1.41 bits per heavy atom. The zero-order valence-corrected chi connectivity index (χ0v) is 10.1. The number of hydrogen-bond acceptors (Lipinski definition) is 2. The zero-order chi connectivity index (χ0) is 12.3. The minimum atomic E-state index is -0.247. The third kappa shape index (κ3) is 2.71. The molecule has 90 valence electrons. The molecule has 0 saturated heterocycles. The van der Waals surface area contributed by atoms with E-state index < -0.39 is 0 Å². The van der Waals surface area contributed by atoms with Gasteiger partial charge < -0.3 is 5.32 Å². The highest BCUT2D eigenvalue weighted by atomic mass is 19.1. The normalized spacial score (nSPS) is 10.8. The van der Waals surface area contributed by atoms with Crippen LogP contribution in [0.4, 0.5) is 4.39 Å². The van der Waals surface area contributed by atoms with Crippen molar-refractivity contribution in [3.05, 3.63) is 47.5 Å². The molecule has 0 aliphatic rings. The van der Waals surface area contributed by atoms with Crippen LogP contribution in [0.15, 0.2) is 30.6 Å². The molecule has 0 spiro atoms. The predicted octanol–water partition coefficient (Wildman–Crippen LogP) is 2.43. The van der Waals surface area contributed by atoms with Crippen LogP contribution in [0.5, 0.6) is 0 Å². The van der Waals surface area contributed by atoms with Crippen molar-refractivity contribution in [3.63, 3.8) is 0 Å². The van der Waals surface area contributed by atoms with Crippen LogP contribution in [-0.2, 0) is 6.54 Å². The fourth-order valence-corrected chi connectivity index (χ4v) is 1.66. The van der Waals surface area contributed by atoms with Crippen molar-refractivity contribution in [2.45, 2.75) is 20.4 Å². The molecule has 0 atom stereocenters. The molecule has 0 aliphatic carbocycles. The van der Waals surface area contributed by atoms with E-state index in [1.165, 1.54) is 0 Å². The Labute approximate surface area is 100 Å². The highest BCUT2D eigenvalue weighted by Crippen LogP contribution is 2.15. The van der Waals surface area contributed by atoms with Gasteiger partial charge in [-0.15, -0.1) is 0 Å². The van der Waals surface area contributed by atoms with Crippen LogP contribution in [-0.4, -0.2) is 16.3 Å². The molecule has 0 unspecified atom stereocenters. The smallest absolute Gasteiger partial charge is 0.149 e. The summed E-state index contributed by atoms with van der Waals surface area (Å²) < 4.78 is 15.4. The zero-order valence-electron chi connectivity index (χ0n) is 10.1. The second kappa shape index (κ2) is 5.10. The topological polar surface area (TPSA) is 29.9 Å². The van der Waals surface area contributed by atoms with Crippen LogP contribution in [0.2, 0.25) is 0 Å².